The fourth-order valence-electron chi connectivity index (χ4n) is 4.29. The number of carbonyl (C=O) groups is 5. The first-order chi connectivity index (χ1) is 14.6. The molecule has 3 aliphatic rings. The van der Waals surface area contributed by atoms with E-state index in [1.165, 1.54) is 18.2 Å². The van der Waals surface area contributed by atoms with Crippen molar-refractivity contribution in [2.75, 3.05) is 4.90 Å². The molecule has 2 fully saturated rings. The molecule has 2 saturated heterocycles. The second-order valence-electron chi connectivity index (χ2n) is 7.33. The Bertz CT molecular complexity index is 1050. The normalized spacial score (nSPS) is 28.3. The van der Waals surface area contributed by atoms with Gasteiger partial charge < -0.3 is 19.3 Å². The van der Waals surface area contributed by atoms with Gasteiger partial charge in [0.05, 0.1) is 34.2 Å². The number of nitrogens with zero attached hydrogens (tertiary/aromatic N) is 1. The molecule has 2 amide bonds. The Balaban J connectivity index is 1.76. The van der Waals surface area contributed by atoms with Gasteiger partial charge in [0.2, 0.25) is 11.8 Å². The molecule has 3 heterocycles. The molecule has 1 N–H and O–H groups in total. The second kappa shape index (κ2) is 7.17. The molecule has 0 spiro atoms. The van der Waals surface area contributed by atoms with Gasteiger partial charge in [0, 0.05) is 13.8 Å². The number of hydrogen-bond acceptors (Lipinski definition) is 8. The van der Waals surface area contributed by atoms with Crippen molar-refractivity contribution >= 4 is 47.0 Å². The Morgan fingerprint density at radius 3 is 2.39 bits per heavy atom. The summed E-state index contributed by atoms with van der Waals surface area (Å²) in [6.07, 6.45) is 0.594. The van der Waals surface area contributed by atoms with Crippen LogP contribution in [0.1, 0.15) is 24.2 Å². The van der Waals surface area contributed by atoms with E-state index in [2.05, 4.69) is 0 Å². The van der Waals surface area contributed by atoms with Gasteiger partial charge in [-0.15, -0.1) is 0 Å². The van der Waals surface area contributed by atoms with Crippen LogP contribution in [0, 0.1) is 11.8 Å². The number of rotatable bonds is 5. The first-order valence-electron chi connectivity index (χ1n) is 9.19. The van der Waals surface area contributed by atoms with Crippen molar-refractivity contribution < 1.29 is 43.3 Å². The minimum Gasteiger partial charge on any atom is -0.478 e. The number of ether oxygens (including phenoxy) is 3. The molecule has 10 nitrogen and oxygen atoms in total. The molecule has 31 heavy (non-hydrogen) atoms. The molecule has 162 valence electrons. The molecule has 0 saturated carbocycles. The number of amides is 2. The highest BCUT2D eigenvalue weighted by Gasteiger charge is 2.72. The largest absolute Gasteiger partial charge is 0.478 e. The maximum Gasteiger partial charge on any atom is 0.337 e. The monoisotopic (exact) mass is 449 g/mol. The van der Waals surface area contributed by atoms with E-state index in [-0.39, 0.29) is 16.3 Å². The van der Waals surface area contributed by atoms with E-state index in [4.69, 9.17) is 25.8 Å². The molecule has 0 radical (unpaired) electrons. The van der Waals surface area contributed by atoms with Crippen LogP contribution in [-0.2, 0) is 33.4 Å². The van der Waals surface area contributed by atoms with Crippen molar-refractivity contribution in [1.82, 2.24) is 0 Å². The standard InChI is InChI=1S/C20H16ClNO9/c1-8(23)29-19(30-9(2)24)20-6-5-13(31-20)14-15(20)17(26)22(16(14)25)10-3-4-12(21)11(7-10)18(27)28/h3-7,13-15,19H,1-2H3,(H,27,28)/t13-,14-,15-,20+/m1/s1. The van der Waals surface area contributed by atoms with E-state index in [0.717, 1.165) is 24.8 Å². The van der Waals surface area contributed by atoms with E-state index in [9.17, 15) is 29.1 Å². The van der Waals surface area contributed by atoms with Crippen molar-refractivity contribution in [3.05, 3.63) is 40.9 Å². The lowest BCUT2D eigenvalue weighted by Gasteiger charge is -2.34. The first-order valence-corrected chi connectivity index (χ1v) is 9.57. The van der Waals surface area contributed by atoms with Gasteiger partial charge in [0.25, 0.3) is 6.29 Å². The van der Waals surface area contributed by atoms with Crippen LogP contribution < -0.4 is 4.90 Å². The highest BCUT2D eigenvalue weighted by atomic mass is 35.5. The Kier molecular flexibility index (Phi) is 4.86. The minimum atomic E-state index is -1.68. The fourth-order valence-corrected chi connectivity index (χ4v) is 4.49. The number of hydrogen-bond donors (Lipinski definition) is 1. The molecule has 4 atom stereocenters. The van der Waals surface area contributed by atoms with Gasteiger partial charge in [-0.25, -0.2) is 9.69 Å². The zero-order valence-corrected chi connectivity index (χ0v) is 17.0. The number of carbonyl (C=O) groups excluding carboxylic acids is 4. The Morgan fingerprint density at radius 1 is 1.16 bits per heavy atom. The van der Waals surface area contributed by atoms with Gasteiger partial charge in [0.1, 0.15) is 0 Å². The summed E-state index contributed by atoms with van der Waals surface area (Å²) in [5.41, 5.74) is -1.94. The van der Waals surface area contributed by atoms with Crippen LogP contribution in [-0.4, -0.2) is 52.8 Å². The summed E-state index contributed by atoms with van der Waals surface area (Å²) in [5, 5.41) is 9.25. The Hall–Kier alpha value is -3.24. The number of benzene rings is 1. The predicted octanol–water partition coefficient (Wildman–Crippen LogP) is 1.30. The number of carboxylic acid groups (broad SMARTS) is 1. The molecule has 0 unspecified atom stereocenters. The van der Waals surface area contributed by atoms with Crippen molar-refractivity contribution in [1.29, 1.82) is 0 Å². The maximum atomic E-state index is 13.4. The maximum absolute atomic E-state index is 13.4. The highest BCUT2D eigenvalue weighted by molar-refractivity contribution is 6.34. The predicted molar refractivity (Wildman–Crippen MR) is 102 cm³/mol. The Labute approximate surface area is 180 Å². The van der Waals surface area contributed by atoms with Gasteiger partial charge in [-0.2, -0.15) is 0 Å². The molecule has 0 aliphatic carbocycles. The SMILES string of the molecule is CC(=O)OC(OC(C)=O)[C@@]12C=C[C@@H](O1)[C@H]1C(=O)N(c3ccc(Cl)c(C(=O)O)c3)C(=O)[C@@H]12. The third kappa shape index (κ3) is 3.10. The molecule has 1 aromatic rings. The third-order valence-corrected chi connectivity index (χ3v) is 5.76. The molecule has 1 aromatic carbocycles. The van der Waals surface area contributed by atoms with E-state index in [0.29, 0.717) is 0 Å². The van der Waals surface area contributed by atoms with E-state index in [1.54, 1.807) is 6.08 Å². The molecule has 2 bridgehead atoms. The van der Waals surface area contributed by atoms with Crippen molar-refractivity contribution in [3.8, 4) is 0 Å². The quantitative estimate of drug-likeness (QED) is 0.305. The number of esters is 2. The molecular weight excluding hydrogens is 434 g/mol. The van der Waals surface area contributed by atoms with Gasteiger partial charge >= 0.3 is 17.9 Å². The highest BCUT2D eigenvalue weighted by Crippen LogP contribution is 2.54. The zero-order chi connectivity index (χ0) is 22.7. The summed E-state index contributed by atoms with van der Waals surface area (Å²) in [5.74, 6) is -6.31. The molecular formula is C20H16ClNO9. The number of aromatic carboxylic acids is 1. The summed E-state index contributed by atoms with van der Waals surface area (Å²) in [7, 11) is 0. The number of halogens is 1. The summed E-state index contributed by atoms with van der Waals surface area (Å²) in [6, 6.07) is 3.75. The lowest BCUT2D eigenvalue weighted by Crippen LogP contribution is -2.52. The Morgan fingerprint density at radius 2 is 1.81 bits per heavy atom. The fraction of sp³-hybridized carbons (Fsp3) is 0.350. The van der Waals surface area contributed by atoms with Crippen molar-refractivity contribution in [3.63, 3.8) is 0 Å². The van der Waals surface area contributed by atoms with Crippen LogP contribution in [0.25, 0.3) is 0 Å². The summed E-state index contributed by atoms with van der Waals surface area (Å²) in [4.78, 5) is 62.0. The van der Waals surface area contributed by atoms with Crippen LogP contribution in [0.2, 0.25) is 5.02 Å². The van der Waals surface area contributed by atoms with Crippen LogP contribution in [0.5, 0.6) is 0 Å². The number of imide groups is 1. The van der Waals surface area contributed by atoms with Crippen LogP contribution in [0.4, 0.5) is 5.69 Å². The van der Waals surface area contributed by atoms with Gasteiger partial charge in [-0.1, -0.05) is 17.7 Å². The van der Waals surface area contributed by atoms with Gasteiger partial charge in [-0.3, -0.25) is 19.2 Å². The minimum absolute atomic E-state index is 0.0253. The summed E-state index contributed by atoms with van der Waals surface area (Å²) >= 11 is 5.89. The zero-order valence-electron chi connectivity index (χ0n) is 16.2. The van der Waals surface area contributed by atoms with Crippen molar-refractivity contribution in [2.45, 2.75) is 31.8 Å². The first kappa shape index (κ1) is 21.0. The number of anilines is 1. The number of fused-ring (bicyclic) bond motifs is 5. The van der Waals surface area contributed by atoms with Crippen LogP contribution in [0.3, 0.4) is 0 Å². The van der Waals surface area contributed by atoms with E-state index >= 15 is 0 Å². The van der Waals surface area contributed by atoms with Crippen LogP contribution in [0.15, 0.2) is 30.4 Å². The molecule has 0 aromatic heterocycles. The van der Waals surface area contributed by atoms with Gasteiger partial charge in [-0.05, 0) is 24.3 Å². The average Bonchev–Trinajstić information content (AvgIpc) is 3.32. The topological polar surface area (TPSA) is 137 Å². The summed E-state index contributed by atoms with van der Waals surface area (Å²) < 4.78 is 16.1. The van der Waals surface area contributed by atoms with Gasteiger partial charge in [0.15, 0.2) is 5.60 Å². The molecule has 4 rings (SSSR count). The smallest absolute Gasteiger partial charge is 0.337 e. The molecule has 11 heteroatoms. The summed E-state index contributed by atoms with van der Waals surface area (Å²) in [6.45, 7) is 2.20. The number of carboxylic acids is 1. The van der Waals surface area contributed by atoms with Crippen LogP contribution >= 0.6 is 11.6 Å². The average molecular weight is 450 g/mol. The molecule has 3 aliphatic heterocycles. The lowest BCUT2D eigenvalue weighted by molar-refractivity contribution is -0.226. The van der Waals surface area contributed by atoms with E-state index < -0.39 is 59.6 Å². The second-order valence-corrected chi connectivity index (χ2v) is 7.74. The lowest BCUT2D eigenvalue weighted by atomic mass is 9.76. The van der Waals surface area contributed by atoms with E-state index in [1.807, 2.05) is 0 Å². The third-order valence-electron chi connectivity index (χ3n) is 5.43. The van der Waals surface area contributed by atoms with Crippen molar-refractivity contribution in [2.24, 2.45) is 11.8 Å².